The Kier molecular flexibility index (Phi) is 2.37. The van der Waals surface area contributed by atoms with Crippen molar-refractivity contribution in [3.8, 4) is 0 Å². The van der Waals surface area contributed by atoms with Crippen LogP contribution in [0.2, 0.25) is 5.15 Å². The van der Waals surface area contributed by atoms with E-state index in [2.05, 4.69) is 15.3 Å². The molecule has 2 unspecified atom stereocenters. The molecule has 1 aliphatic heterocycles. The third-order valence-electron chi connectivity index (χ3n) is 2.53. The van der Waals surface area contributed by atoms with Crippen molar-refractivity contribution in [3.63, 3.8) is 0 Å². The number of aldehydes is 1. The average Bonchev–Trinajstić information content (AvgIpc) is 2.56. The third kappa shape index (κ3) is 1.26. The van der Waals surface area contributed by atoms with Crippen molar-refractivity contribution in [2.45, 2.75) is 25.3 Å². The summed E-state index contributed by atoms with van der Waals surface area (Å²) in [6.07, 6.45) is 3.14. The van der Waals surface area contributed by atoms with Crippen molar-refractivity contribution in [1.82, 2.24) is 9.97 Å². The van der Waals surface area contributed by atoms with Crippen LogP contribution in [0.15, 0.2) is 6.33 Å². The molecule has 5 heteroatoms. The van der Waals surface area contributed by atoms with E-state index < -0.39 is 0 Å². The van der Waals surface area contributed by atoms with Gasteiger partial charge >= 0.3 is 0 Å². The van der Waals surface area contributed by atoms with Crippen LogP contribution >= 0.6 is 11.6 Å². The molecular formula is C9H10ClN3O. The molecule has 1 aromatic heterocycles. The van der Waals surface area contributed by atoms with E-state index in [4.69, 9.17) is 11.6 Å². The molecule has 0 spiro atoms. The normalized spacial score (nSPS) is 24.1. The minimum atomic E-state index is -0.218. The lowest BCUT2D eigenvalue weighted by atomic mass is 9.95. The zero-order chi connectivity index (χ0) is 10.1. The third-order valence-corrected chi connectivity index (χ3v) is 2.83. The molecule has 2 rings (SSSR count). The fourth-order valence-electron chi connectivity index (χ4n) is 1.84. The van der Waals surface area contributed by atoms with E-state index >= 15 is 0 Å². The number of anilines is 1. The summed E-state index contributed by atoms with van der Waals surface area (Å²) in [6, 6.07) is -0.218. The number of halogens is 1. The Hall–Kier alpha value is -1.16. The minimum Gasteiger partial charge on any atom is -0.360 e. The molecule has 1 N–H and O–H groups in total. The second-order valence-electron chi connectivity index (χ2n) is 3.25. The van der Waals surface area contributed by atoms with Crippen molar-refractivity contribution in [3.05, 3.63) is 17.0 Å². The number of hydrogen-bond acceptors (Lipinski definition) is 4. The van der Waals surface area contributed by atoms with Crippen LogP contribution in [0, 0.1) is 0 Å². The Morgan fingerprint density at radius 3 is 3.07 bits per heavy atom. The SMILES string of the molecule is CCC1c2c(Cl)ncnc2NC1C=O. The van der Waals surface area contributed by atoms with Gasteiger partial charge in [-0.15, -0.1) is 0 Å². The Balaban J connectivity index is 2.48. The Labute approximate surface area is 86.7 Å². The zero-order valence-corrected chi connectivity index (χ0v) is 8.45. The first-order valence-electron chi connectivity index (χ1n) is 4.50. The number of fused-ring (bicyclic) bond motifs is 1. The first-order chi connectivity index (χ1) is 6.77. The van der Waals surface area contributed by atoms with E-state index in [0.29, 0.717) is 11.0 Å². The molecule has 1 aliphatic rings. The molecule has 0 saturated heterocycles. The maximum Gasteiger partial charge on any atom is 0.142 e. The van der Waals surface area contributed by atoms with Crippen LogP contribution in [0.1, 0.15) is 24.8 Å². The quantitative estimate of drug-likeness (QED) is 0.597. The molecule has 14 heavy (non-hydrogen) atoms. The monoisotopic (exact) mass is 211 g/mol. The van der Waals surface area contributed by atoms with E-state index in [-0.39, 0.29) is 12.0 Å². The fourth-order valence-corrected chi connectivity index (χ4v) is 2.12. The van der Waals surface area contributed by atoms with E-state index in [0.717, 1.165) is 18.3 Å². The molecule has 4 nitrogen and oxygen atoms in total. The highest BCUT2D eigenvalue weighted by atomic mass is 35.5. The number of carbonyl (C=O) groups excluding carboxylic acids is 1. The highest BCUT2D eigenvalue weighted by molar-refractivity contribution is 6.30. The van der Waals surface area contributed by atoms with Crippen LogP contribution in [0.25, 0.3) is 0 Å². The van der Waals surface area contributed by atoms with Crippen LogP contribution in [0.4, 0.5) is 5.82 Å². The van der Waals surface area contributed by atoms with Crippen LogP contribution < -0.4 is 5.32 Å². The number of aromatic nitrogens is 2. The summed E-state index contributed by atoms with van der Waals surface area (Å²) in [4.78, 5) is 18.8. The summed E-state index contributed by atoms with van der Waals surface area (Å²) in [5, 5.41) is 3.47. The van der Waals surface area contributed by atoms with Gasteiger partial charge in [0.15, 0.2) is 0 Å². The highest BCUT2D eigenvalue weighted by Crippen LogP contribution is 2.38. The van der Waals surface area contributed by atoms with Gasteiger partial charge in [-0.2, -0.15) is 0 Å². The number of hydrogen-bond donors (Lipinski definition) is 1. The molecule has 0 amide bonds. The molecule has 1 aromatic rings. The summed E-state index contributed by atoms with van der Waals surface area (Å²) in [5.74, 6) is 0.783. The standard InChI is InChI=1S/C9H10ClN3O/c1-2-5-6(3-14)13-9-7(5)8(10)11-4-12-9/h3-6H,2H2,1H3,(H,11,12,13). The van der Waals surface area contributed by atoms with Crippen LogP contribution in [-0.2, 0) is 4.79 Å². The van der Waals surface area contributed by atoms with E-state index in [1.807, 2.05) is 6.92 Å². The summed E-state index contributed by atoms with van der Waals surface area (Å²) < 4.78 is 0. The van der Waals surface area contributed by atoms with Gasteiger partial charge in [0.05, 0.1) is 6.04 Å². The molecule has 74 valence electrons. The van der Waals surface area contributed by atoms with Crippen LogP contribution in [0.5, 0.6) is 0 Å². The Morgan fingerprint density at radius 1 is 1.64 bits per heavy atom. The fraction of sp³-hybridized carbons (Fsp3) is 0.444. The Morgan fingerprint density at radius 2 is 2.43 bits per heavy atom. The minimum absolute atomic E-state index is 0.0937. The van der Waals surface area contributed by atoms with Crippen molar-refractivity contribution in [1.29, 1.82) is 0 Å². The molecule has 0 saturated carbocycles. The van der Waals surface area contributed by atoms with Crippen LogP contribution in [0.3, 0.4) is 0 Å². The van der Waals surface area contributed by atoms with Gasteiger partial charge in [-0.25, -0.2) is 9.97 Å². The molecule has 2 heterocycles. The van der Waals surface area contributed by atoms with E-state index in [9.17, 15) is 4.79 Å². The van der Waals surface area contributed by atoms with Gasteiger partial charge in [0.25, 0.3) is 0 Å². The molecule has 0 radical (unpaired) electrons. The zero-order valence-electron chi connectivity index (χ0n) is 7.70. The lowest BCUT2D eigenvalue weighted by Gasteiger charge is -2.11. The van der Waals surface area contributed by atoms with Gasteiger partial charge in [0.2, 0.25) is 0 Å². The van der Waals surface area contributed by atoms with E-state index in [1.54, 1.807) is 0 Å². The topological polar surface area (TPSA) is 54.9 Å². The van der Waals surface area contributed by atoms with E-state index in [1.165, 1.54) is 6.33 Å². The van der Waals surface area contributed by atoms with Crippen molar-refractivity contribution in [2.75, 3.05) is 5.32 Å². The lowest BCUT2D eigenvalue weighted by Crippen LogP contribution is -2.21. The number of nitrogens with one attached hydrogen (secondary N) is 1. The molecule has 2 atom stereocenters. The number of carbonyl (C=O) groups is 1. The summed E-state index contributed by atoms with van der Waals surface area (Å²) >= 11 is 5.96. The van der Waals surface area contributed by atoms with Gasteiger partial charge in [0, 0.05) is 11.5 Å². The number of rotatable bonds is 2. The number of nitrogens with zero attached hydrogens (tertiary/aromatic N) is 2. The largest absolute Gasteiger partial charge is 0.360 e. The van der Waals surface area contributed by atoms with Crippen LogP contribution in [-0.4, -0.2) is 22.3 Å². The molecule has 0 aromatic carbocycles. The second-order valence-corrected chi connectivity index (χ2v) is 3.61. The van der Waals surface area contributed by atoms with Gasteiger partial charge in [-0.1, -0.05) is 18.5 Å². The molecule has 0 aliphatic carbocycles. The first kappa shape index (κ1) is 9.40. The molecule has 0 fully saturated rings. The Bertz CT molecular complexity index is 369. The second kappa shape index (κ2) is 3.53. The lowest BCUT2D eigenvalue weighted by molar-refractivity contribution is -0.108. The van der Waals surface area contributed by atoms with Gasteiger partial charge < -0.3 is 10.1 Å². The van der Waals surface area contributed by atoms with Crippen molar-refractivity contribution < 1.29 is 4.79 Å². The molecular weight excluding hydrogens is 202 g/mol. The summed E-state index contributed by atoms with van der Waals surface area (Å²) in [7, 11) is 0. The van der Waals surface area contributed by atoms with Crippen molar-refractivity contribution >= 4 is 23.7 Å². The molecule has 0 bridgehead atoms. The summed E-state index contributed by atoms with van der Waals surface area (Å²) in [5.41, 5.74) is 0.869. The van der Waals surface area contributed by atoms with Gasteiger partial charge in [-0.3, -0.25) is 0 Å². The predicted molar refractivity (Wildman–Crippen MR) is 53.5 cm³/mol. The maximum absolute atomic E-state index is 10.8. The van der Waals surface area contributed by atoms with Crippen molar-refractivity contribution in [2.24, 2.45) is 0 Å². The predicted octanol–water partition coefficient (Wildman–Crippen LogP) is 1.62. The smallest absolute Gasteiger partial charge is 0.142 e. The summed E-state index contributed by atoms with van der Waals surface area (Å²) in [6.45, 7) is 2.02. The van der Waals surface area contributed by atoms with Gasteiger partial charge in [0.1, 0.15) is 23.6 Å². The average molecular weight is 212 g/mol. The highest BCUT2D eigenvalue weighted by Gasteiger charge is 2.33. The maximum atomic E-state index is 10.8. The first-order valence-corrected chi connectivity index (χ1v) is 4.88. The van der Waals surface area contributed by atoms with Gasteiger partial charge in [-0.05, 0) is 6.42 Å².